The summed E-state index contributed by atoms with van der Waals surface area (Å²) < 4.78 is 18.7. The maximum atomic E-state index is 13.0. The van der Waals surface area contributed by atoms with Gasteiger partial charge in [-0.25, -0.2) is 4.39 Å². The molecule has 2 aromatic rings. The highest BCUT2D eigenvalue weighted by Crippen LogP contribution is 2.31. The SMILES string of the molecule is Nc1cc(F)ccc1Oc1ccc2c(c1)CCCC2. The van der Waals surface area contributed by atoms with Gasteiger partial charge in [-0.05, 0) is 61.1 Å². The molecule has 3 rings (SSSR count). The second-order valence-corrected chi connectivity index (χ2v) is 4.92. The number of nitrogen functional groups attached to an aromatic ring is 1. The molecule has 0 bridgehead atoms. The molecule has 0 atom stereocenters. The zero-order chi connectivity index (χ0) is 13.2. The summed E-state index contributed by atoms with van der Waals surface area (Å²) in [5.74, 6) is 0.909. The minimum Gasteiger partial charge on any atom is -0.455 e. The summed E-state index contributed by atoms with van der Waals surface area (Å²) in [4.78, 5) is 0. The van der Waals surface area contributed by atoms with Gasteiger partial charge in [0.1, 0.15) is 11.6 Å². The number of nitrogens with two attached hydrogens (primary N) is 1. The first kappa shape index (κ1) is 12.0. The van der Waals surface area contributed by atoms with E-state index in [1.807, 2.05) is 6.07 Å². The Morgan fingerprint density at radius 3 is 2.53 bits per heavy atom. The Balaban J connectivity index is 1.87. The maximum Gasteiger partial charge on any atom is 0.150 e. The predicted octanol–water partition coefficient (Wildman–Crippen LogP) is 4.08. The lowest BCUT2D eigenvalue weighted by Crippen LogP contribution is -2.02. The van der Waals surface area contributed by atoms with E-state index in [9.17, 15) is 4.39 Å². The van der Waals surface area contributed by atoms with E-state index >= 15 is 0 Å². The Hall–Kier alpha value is -2.03. The highest BCUT2D eigenvalue weighted by atomic mass is 19.1. The van der Waals surface area contributed by atoms with Crippen LogP contribution in [0.15, 0.2) is 36.4 Å². The van der Waals surface area contributed by atoms with Gasteiger partial charge in [0, 0.05) is 6.07 Å². The molecule has 0 aliphatic heterocycles. The van der Waals surface area contributed by atoms with Crippen LogP contribution in [-0.2, 0) is 12.8 Å². The molecule has 0 saturated carbocycles. The van der Waals surface area contributed by atoms with Gasteiger partial charge < -0.3 is 10.5 Å². The van der Waals surface area contributed by atoms with Crippen molar-refractivity contribution in [2.45, 2.75) is 25.7 Å². The van der Waals surface area contributed by atoms with E-state index in [4.69, 9.17) is 10.5 Å². The van der Waals surface area contributed by atoms with Gasteiger partial charge in [0.05, 0.1) is 5.69 Å². The molecule has 0 fully saturated rings. The lowest BCUT2D eigenvalue weighted by atomic mass is 9.92. The number of ether oxygens (including phenoxy) is 1. The molecular formula is C16H16FNO. The van der Waals surface area contributed by atoms with Crippen molar-refractivity contribution in [2.75, 3.05) is 5.73 Å². The molecule has 0 aromatic heterocycles. The highest BCUT2D eigenvalue weighted by Gasteiger charge is 2.11. The molecule has 1 aliphatic rings. The number of hydrogen-bond acceptors (Lipinski definition) is 2. The second-order valence-electron chi connectivity index (χ2n) is 4.92. The van der Waals surface area contributed by atoms with Crippen LogP contribution < -0.4 is 10.5 Å². The van der Waals surface area contributed by atoms with Crippen molar-refractivity contribution in [2.24, 2.45) is 0 Å². The molecule has 0 unspecified atom stereocenters. The summed E-state index contributed by atoms with van der Waals surface area (Å²) in [5, 5.41) is 0. The molecule has 2 nitrogen and oxygen atoms in total. The number of fused-ring (bicyclic) bond motifs is 1. The van der Waals surface area contributed by atoms with Crippen LogP contribution in [0.5, 0.6) is 11.5 Å². The zero-order valence-corrected chi connectivity index (χ0v) is 10.7. The number of aryl methyl sites for hydroxylation is 2. The summed E-state index contributed by atoms with van der Waals surface area (Å²) >= 11 is 0. The normalized spacial score (nSPS) is 13.9. The fourth-order valence-corrected chi connectivity index (χ4v) is 2.51. The number of rotatable bonds is 2. The van der Waals surface area contributed by atoms with Crippen LogP contribution >= 0.6 is 0 Å². The summed E-state index contributed by atoms with van der Waals surface area (Å²) in [7, 11) is 0. The van der Waals surface area contributed by atoms with Gasteiger partial charge in [0.15, 0.2) is 5.75 Å². The van der Waals surface area contributed by atoms with Crippen LogP contribution in [0.2, 0.25) is 0 Å². The van der Waals surface area contributed by atoms with Gasteiger partial charge >= 0.3 is 0 Å². The predicted molar refractivity (Wildman–Crippen MR) is 74.0 cm³/mol. The zero-order valence-electron chi connectivity index (χ0n) is 10.7. The Kier molecular flexibility index (Phi) is 3.11. The van der Waals surface area contributed by atoms with Crippen LogP contribution in [-0.4, -0.2) is 0 Å². The third-order valence-corrected chi connectivity index (χ3v) is 3.52. The monoisotopic (exact) mass is 257 g/mol. The molecule has 0 heterocycles. The van der Waals surface area contributed by atoms with Crippen LogP contribution in [0.1, 0.15) is 24.0 Å². The van der Waals surface area contributed by atoms with E-state index < -0.39 is 0 Å². The first-order chi connectivity index (χ1) is 9.22. The van der Waals surface area contributed by atoms with E-state index in [-0.39, 0.29) is 5.82 Å². The molecule has 1 aliphatic carbocycles. The van der Waals surface area contributed by atoms with E-state index in [0.717, 1.165) is 18.6 Å². The number of anilines is 1. The fourth-order valence-electron chi connectivity index (χ4n) is 2.51. The average Bonchev–Trinajstić information content (AvgIpc) is 2.42. The van der Waals surface area contributed by atoms with Crippen molar-refractivity contribution in [1.82, 2.24) is 0 Å². The summed E-state index contributed by atoms with van der Waals surface area (Å²) in [6.45, 7) is 0. The van der Waals surface area contributed by atoms with Crippen molar-refractivity contribution in [3.05, 3.63) is 53.3 Å². The minimum atomic E-state index is -0.352. The lowest BCUT2D eigenvalue weighted by molar-refractivity contribution is 0.481. The van der Waals surface area contributed by atoms with E-state index in [2.05, 4.69) is 12.1 Å². The van der Waals surface area contributed by atoms with E-state index in [1.165, 1.54) is 36.1 Å². The smallest absolute Gasteiger partial charge is 0.150 e. The van der Waals surface area contributed by atoms with Crippen LogP contribution in [0, 0.1) is 5.82 Å². The fraction of sp³-hybridized carbons (Fsp3) is 0.250. The number of hydrogen-bond donors (Lipinski definition) is 1. The van der Waals surface area contributed by atoms with Gasteiger partial charge in [-0.1, -0.05) is 6.07 Å². The van der Waals surface area contributed by atoms with Gasteiger partial charge in [0.25, 0.3) is 0 Å². The quantitative estimate of drug-likeness (QED) is 0.823. The van der Waals surface area contributed by atoms with Gasteiger partial charge in [-0.2, -0.15) is 0 Å². The summed E-state index contributed by atoms with van der Waals surface area (Å²) in [6, 6.07) is 10.3. The standard InChI is InChI=1S/C16H16FNO/c17-13-6-8-16(15(18)10-13)19-14-7-5-11-3-1-2-4-12(11)9-14/h5-10H,1-4,18H2. The molecule has 0 spiro atoms. The van der Waals surface area contributed by atoms with Crippen molar-refractivity contribution >= 4 is 5.69 Å². The van der Waals surface area contributed by atoms with Crippen molar-refractivity contribution in [3.63, 3.8) is 0 Å². The lowest BCUT2D eigenvalue weighted by Gasteiger charge is -2.17. The molecule has 0 radical (unpaired) electrons. The molecule has 19 heavy (non-hydrogen) atoms. The molecule has 2 N–H and O–H groups in total. The topological polar surface area (TPSA) is 35.2 Å². The Morgan fingerprint density at radius 1 is 0.947 bits per heavy atom. The summed E-state index contributed by atoms with van der Waals surface area (Å²) in [6.07, 6.45) is 4.74. The molecule has 98 valence electrons. The first-order valence-electron chi connectivity index (χ1n) is 6.57. The molecule has 3 heteroatoms. The molecule has 2 aromatic carbocycles. The minimum absolute atomic E-state index is 0.317. The molecule has 0 saturated heterocycles. The van der Waals surface area contributed by atoms with Crippen molar-refractivity contribution in [3.8, 4) is 11.5 Å². The average molecular weight is 257 g/mol. The highest BCUT2D eigenvalue weighted by molar-refractivity contribution is 5.54. The van der Waals surface area contributed by atoms with Crippen molar-refractivity contribution < 1.29 is 9.13 Å². The van der Waals surface area contributed by atoms with E-state index in [0.29, 0.717) is 11.4 Å². The van der Waals surface area contributed by atoms with Crippen molar-refractivity contribution in [1.29, 1.82) is 0 Å². The molecular weight excluding hydrogens is 241 g/mol. The Bertz CT molecular complexity index is 610. The van der Waals surface area contributed by atoms with Crippen LogP contribution in [0.4, 0.5) is 10.1 Å². The van der Waals surface area contributed by atoms with Crippen LogP contribution in [0.3, 0.4) is 0 Å². The maximum absolute atomic E-state index is 13.0. The largest absolute Gasteiger partial charge is 0.455 e. The van der Waals surface area contributed by atoms with Gasteiger partial charge in [0.2, 0.25) is 0 Å². The number of benzene rings is 2. The van der Waals surface area contributed by atoms with Crippen LogP contribution in [0.25, 0.3) is 0 Å². The molecule has 0 amide bonds. The van der Waals surface area contributed by atoms with Gasteiger partial charge in [-0.3, -0.25) is 0 Å². The second kappa shape index (κ2) is 4.92. The third kappa shape index (κ3) is 2.55. The Morgan fingerprint density at radius 2 is 1.74 bits per heavy atom. The third-order valence-electron chi connectivity index (χ3n) is 3.52. The van der Waals surface area contributed by atoms with Gasteiger partial charge in [-0.15, -0.1) is 0 Å². The first-order valence-corrected chi connectivity index (χ1v) is 6.57. The van der Waals surface area contributed by atoms with E-state index in [1.54, 1.807) is 6.07 Å². The Labute approximate surface area is 112 Å². The number of halogens is 1. The summed E-state index contributed by atoms with van der Waals surface area (Å²) in [5.41, 5.74) is 8.82.